The highest BCUT2D eigenvalue weighted by atomic mass is 16.5. The first-order valence-corrected chi connectivity index (χ1v) is 5.28. The molecule has 17 heavy (non-hydrogen) atoms. The summed E-state index contributed by atoms with van der Waals surface area (Å²) in [5.41, 5.74) is 1.64. The molecule has 0 aliphatic heterocycles. The Morgan fingerprint density at radius 3 is 2.71 bits per heavy atom. The summed E-state index contributed by atoms with van der Waals surface area (Å²) in [6, 6.07) is 0. The molecule has 0 aromatic carbocycles. The molecule has 0 saturated carbocycles. The van der Waals surface area contributed by atoms with Crippen molar-refractivity contribution < 1.29 is 9.15 Å². The molecule has 0 saturated heterocycles. The van der Waals surface area contributed by atoms with Gasteiger partial charge >= 0.3 is 11.4 Å². The van der Waals surface area contributed by atoms with E-state index in [0.29, 0.717) is 24.2 Å². The van der Waals surface area contributed by atoms with Gasteiger partial charge in [0.25, 0.3) is 0 Å². The van der Waals surface area contributed by atoms with Crippen LogP contribution in [-0.2, 0) is 11.3 Å². The summed E-state index contributed by atoms with van der Waals surface area (Å²) in [6.07, 6.45) is 0. The third kappa shape index (κ3) is 1.80. The lowest BCUT2D eigenvalue weighted by molar-refractivity contribution is 0.187. The molecule has 0 bridgehead atoms. The van der Waals surface area contributed by atoms with Crippen molar-refractivity contribution in [2.75, 3.05) is 13.7 Å². The van der Waals surface area contributed by atoms with Crippen LogP contribution in [0.25, 0.3) is 11.0 Å². The number of hydrogen-bond donors (Lipinski definition) is 1. The summed E-state index contributed by atoms with van der Waals surface area (Å²) in [7, 11) is 1.60. The number of ether oxygens (including phenoxy) is 1. The van der Waals surface area contributed by atoms with Gasteiger partial charge in [-0.15, -0.1) is 0 Å². The first-order chi connectivity index (χ1) is 8.06. The number of aromatic nitrogens is 2. The number of rotatable bonds is 3. The summed E-state index contributed by atoms with van der Waals surface area (Å²) < 4.78 is 11.4. The quantitative estimate of drug-likeness (QED) is 0.846. The van der Waals surface area contributed by atoms with Gasteiger partial charge in [-0.3, -0.25) is 4.98 Å². The van der Waals surface area contributed by atoms with Gasteiger partial charge in [0, 0.05) is 19.3 Å². The molecule has 0 aliphatic rings. The second-order valence-electron chi connectivity index (χ2n) is 3.88. The Morgan fingerprint density at radius 1 is 1.35 bits per heavy atom. The molecule has 2 aromatic rings. The average molecular weight is 238 g/mol. The molecule has 0 atom stereocenters. The van der Waals surface area contributed by atoms with E-state index in [1.54, 1.807) is 7.11 Å². The second-order valence-corrected chi connectivity index (χ2v) is 3.88. The number of nitrogens with one attached hydrogen (secondary N) is 1. The predicted molar refractivity (Wildman–Crippen MR) is 62.4 cm³/mol. The maximum absolute atomic E-state index is 11.6. The topological polar surface area (TPSA) is 77.2 Å². The van der Waals surface area contributed by atoms with E-state index in [9.17, 15) is 9.59 Å². The molecule has 6 heteroatoms. The molecule has 0 spiro atoms. The van der Waals surface area contributed by atoms with Crippen molar-refractivity contribution in [3.8, 4) is 0 Å². The lowest BCUT2D eigenvalue weighted by atomic mass is 10.2. The molecule has 0 radical (unpaired) electrons. The van der Waals surface area contributed by atoms with Gasteiger partial charge in [0.05, 0.1) is 6.61 Å². The SMILES string of the molecule is COCCn1c(C)c(C)c2c(=O)oc(=O)[nH]c21. The van der Waals surface area contributed by atoms with E-state index in [1.165, 1.54) is 0 Å². The highest BCUT2D eigenvalue weighted by molar-refractivity contribution is 5.80. The summed E-state index contributed by atoms with van der Waals surface area (Å²) in [4.78, 5) is 25.4. The summed E-state index contributed by atoms with van der Waals surface area (Å²) >= 11 is 0. The van der Waals surface area contributed by atoms with Gasteiger partial charge in [-0.05, 0) is 19.4 Å². The first-order valence-electron chi connectivity index (χ1n) is 5.28. The van der Waals surface area contributed by atoms with E-state index >= 15 is 0 Å². The Kier molecular flexibility index (Phi) is 2.89. The maximum atomic E-state index is 11.6. The molecule has 0 aliphatic carbocycles. The number of aryl methyl sites for hydroxylation is 1. The van der Waals surface area contributed by atoms with E-state index in [2.05, 4.69) is 9.40 Å². The predicted octanol–water partition coefficient (Wildman–Crippen LogP) is 0.546. The highest BCUT2D eigenvalue weighted by Crippen LogP contribution is 2.19. The molecule has 92 valence electrons. The van der Waals surface area contributed by atoms with Crippen molar-refractivity contribution in [3.63, 3.8) is 0 Å². The number of H-pyrrole nitrogens is 1. The van der Waals surface area contributed by atoms with Crippen LogP contribution < -0.4 is 11.4 Å². The van der Waals surface area contributed by atoms with Gasteiger partial charge in [-0.2, -0.15) is 0 Å². The monoisotopic (exact) mass is 238 g/mol. The zero-order chi connectivity index (χ0) is 12.6. The van der Waals surface area contributed by atoms with Crippen LogP contribution in [0, 0.1) is 13.8 Å². The molecule has 0 unspecified atom stereocenters. The molecular formula is C11H14N2O4. The van der Waals surface area contributed by atoms with Crippen LogP contribution in [0.4, 0.5) is 0 Å². The van der Waals surface area contributed by atoms with E-state index < -0.39 is 11.4 Å². The summed E-state index contributed by atoms with van der Waals surface area (Å²) in [5, 5.41) is 0.429. The fraction of sp³-hybridized carbons (Fsp3) is 0.455. The fourth-order valence-electron chi connectivity index (χ4n) is 1.96. The van der Waals surface area contributed by atoms with Gasteiger partial charge < -0.3 is 13.7 Å². The van der Waals surface area contributed by atoms with Crippen molar-refractivity contribution >= 4 is 11.0 Å². The van der Waals surface area contributed by atoms with Crippen molar-refractivity contribution in [1.82, 2.24) is 9.55 Å². The smallest absolute Gasteiger partial charge is 0.383 e. The minimum absolute atomic E-state index is 0.429. The Balaban J connectivity index is 2.79. The Hall–Kier alpha value is -1.82. The number of nitrogens with zero attached hydrogens (tertiary/aromatic N) is 1. The van der Waals surface area contributed by atoms with E-state index in [-0.39, 0.29) is 0 Å². The lowest BCUT2D eigenvalue weighted by Gasteiger charge is -2.06. The van der Waals surface area contributed by atoms with Crippen LogP contribution in [0.1, 0.15) is 11.3 Å². The third-order valence-electron chi connectivity index (χ3n) is 2.96. The number of methoxy groups -OCH3 is 1. The Bertz CT molecular complexity index is 662. The molecule has 2 rings (SSSR count). The van der Waals surface area contributed by atoms with Crippen molar-refractivity contribution in [3.05, 3.63) is 32.2 Å². The summed E-state index contributed by atoms with van der Waals surface area (Å²) in [6.45, 7) is 4.80. The van der Waals surface area contributed by atoms with Crippen LogP contribution in [0.15, 0.2) is 14.0 Å². The molecule has 2 aromatic heterocycles. The molecule has 0 fully saturated rings. The van der Waals surface area contributed by atoms with Crippen LogP contribution >= 0.6 is 0 Å². The minimum Gasteiger partial charge on any atom is -0.383 e. The lowest BCUT2D eigenvalue weighted by Crippen LogP contribution is -2.16. The van der Waals surface area contributed by atoms with Crippen LogP contribution in [-0.4, -0.2) is 23.3 Å². The number of fused-ring (bicyclic) bond motifs is 1. The van der Waals surface area contributed by atoms with Gasteiger partial charge in [-0.25, -0.2) is 9.59 Å². The normalized spacial score (nSPS) is 11.2. The zero-order valence-electron chi connectivity index (χ0n) is 9.99. The van der Waals surface area contributed by atoms with E-state index in [0.717, 1.165) is 11.3 Å². The number of hydrogen-bond acceptors (Lipinski definition) is 4. The fourth-order valence-corrected chi connectivity index (χ4v) is 1.96. The van der Waals surface area contributed by atoms with E-state index in [4.69, 9.17) is 4.74 Å². The van der Waals surface area contributed by atoms with Crippen LogP contribution in [0.2, 0.25) is 0 Å². The molecular weight excluding hydrogens is 224 g/mol. The third-order valence-corrected chi connectivity index (χ3v) is 2.96. The zero-order valence-corrected chi connectivity index (χ0v) is 9.99. The highest BCUT2D eigenvalue weighted by Gasteiger charge is 2.15. The van der Waals surface area contributed by atoms with Crippen LogP contribution in [0.3, 0.4) is 0 Å². The van der Waals surface area contributed by atoms with Gasteiger partial charge in [-0.1, -0.05) is 0 Å². The standard InChI is InChI=1S/C11H14N2O4/c1-6-7(2)13(4-5-16-3)9-8(6)10(14)17-11(15)12-9/h4-5H2,1-3H3,(H,12,15). The average Bonchev–Trinajstić information content (AvgIpc) is 2.49. The van der Waals surface area contributed by atoms with Crippen molar-refractivity contribution in [1.29, 1.82) is 0 Å². The van der Waals surface area contributed by atoms with Crippen molar-refractivity contribution in [2.24, 2.45) is 0 Å². The van der Waals surface area contributed by atoms with Gasteiger partial charge in [0.2, 0.25) is 0 Å². The first kappa shape index (κ1) is 11.7. The molecule has 6 nitrogen and oxygen atoms in total. The molecule has 0 amide bonds. The Morgan fingerprint density at radius 2 is 2.06 bits per heavy atom. The van der Waals surface area contributed by atoms with Crippen LogP contribution in [0.5, 0.6) is 0 Å². The summed E-state index contributed by atoms with van der Waals surface area (Å²) in [5.74, 6) is -0.737. The minimum atomic E-state index is -0.737. The maximum Gasteiger partial charge on any atom is 0.420 e. The Labute approximate surface area is 96.8 Å². The number of aromatic amines is 1. The van der Waals surface area contributed by atoms with Gasteiger partial charge in [0.1, 0.15) is 11.0 Å². The van der Waals surface area contributed by atoms with Gasteiger partial charge in [0.15, 0.2) is 0 Å². The largest absolute Gasteiger partial charge is 0.420 e. The van der Waals surface area contributed by atoms with E-state index in [1.807, 2.05) is 18.4 Å². The second kappa shape index (κ2) is 4.21. The molecule has 1 N–H and O–H groups in total. The molecule has 2 heterocycles. The van der Waals surface area contributed by atoms with Crippen molar-refractivity contribution in [2.45, 2.75) is 20.4 Å².